The molecule has 1 saturated carbocycles. The molecule has 2 aliphatic carbocycles. The molecule has 12 heavy (non-hydrogen) atoms. The van der Waals surface area contributed by atoms with Gasteiger partial charge in [0.05, 0.1) is 11.5 Å². The fraction of sp³-hybridized carbons (Fsp3) is 0.778. The Morgan fingerprint density at radius 2 is 1.50 bits per heavy atom. The summed E-state index contributed by atoms with van der Waals surface area (Å²) in [7, 11) is -2.71. The molecule has 0 N–H and O–H groups in total. The zero-order valence-corrected chi connectivity index (χ0v) is 7.73. The van der Waals surface area contributed by atoms with Crippen molar-refractivity contribution in [3.63, 3.8) is 0 Å². The van der Waals surface area contributed by atoms with Gasteiger partial charge in [-0.1, -0.05) is 11.1 Å². The van der Waals surface area contributed by atoms with Gasteiger partial charge in [0.1, 0.15) is 0 Å². The van der Waals surface area contributed by atoms with E-state index in [9.17, 15) is 8.42 Å². The average Bonchev–Trinajstić information content (AvgIpc) is 2.54. The minimum absolute atomic E-state index is 0.392. The van der Waals surface area contributed by atoms with E-state index >= 15 is 0 Å². The molecule has 0 radical (unpaired) electrons. The first-order valence-electron chi connectivity index (χ1n) is 4.58. The van der Waals surface area contributed by atoms with Crippen LogP contribution in [0.15, 0.2) is 11.1 Å². The minimum atomic E-state index is -2.71. The number of hydrogen-bond acceptors (Lipinski definition) is 2. The molecule has 1 fully saturated rings. The highest BCUT2D eigenvalue weighted by Crippen LogP contribution is 2.51. The summed E-state index contributed by atoms with van der Waals surface area (Å²) in [6.07, 6.45) is 3.76. The van der Waals surface area contributed by atoms with Crippen molar-refractivity contribution in [3.8, 4) is 0 Å². The molecule has 0 amide bonds. The monoisotopic (exact) mass is 184 g/mol. The number of hydrogen-bond donors (Lipinski definition) is 0. The second kappa shape index (κ2) is 1.95. The molecule has 3 aliphatic rings. The third-order valence-corrected chi connectivity index (χ3v) is 5.08. The lowest BCUT2D eigenvalue weighted by molar-refractivity contribution is 0.593. The molecule has 1 aliphatic heterocycles. The van der Waals surface area contributed by atoms with E-state index in [0.717, 1.165) is 0 Å². The minimum Gasteiger partial charge on any atom is -0.228 e. The van der Waals surface area contributed by atoms with Crippen LogP contribution in [0.5, 0.6) is 0 Å². The topological polar surface area (TPSA) is 34.1 Å². The summed E-state index contributed by atoms with van der Waals surface area (Å²) < 4.78 is 22.6. The normalized spacial score (nSPS) is 42.3. The van der Waals surface area contributed by atoms with Crippen LogP contribution in [-0.2, 0) is 9.84 Å². The molecule has 0 saturated heterocycles. The van der Waals surface area contributed by atoms with E-state index in [1.807, 2.05) is 0 Å². The molecule has 66 valence electrons. The second-order valence-corrected chi connectivity index (χ2v) is 6.35. The lowest BCUT2D eigenvalue weighted by Crippen LogP contribution is -2.08. The van der Waals surface area contributed by atoms with Gasteiger partial charge in [-0.3, -0.25) is 0 Å². The van der Waals surface area contributed by atoms with Crippen LogP contribution in [0.3, 0.4) is 0 Å². The molecule has 3 heteroatoms. The first kappa shape index (κ1) is 7.13. The Morgan fingerprint density at radius 1 is 1.00 bits per heavy atom. The summed E-state index contributed by atoms with van der Waals surface area (Å²) in [5, 5.41) is 0. The molecule has 2 atom stereocenters. The fourth-order valence-electron chi connectivity index (χ4n) is 3.08. The Hall–Kier alpha value is -0.310. The summed E-state index contributed by atoms with van der Waals surface area (Å²) >= 11 is 0. The van der Waals surface area contributed by atoms with Gasteiger partial charge in [0.2, 0.25) is 0 Å². The van der Waals surface area contributed by atoms with Gasteiger partial charge >= 0.3 is 0 Å². The van der Waals surface area contributed by atoms with Crippen molar-refractivity contribution in [2.75, 3.05) is 11.5 Å². The van der Waals surface area contributed by atoms with Gasteiger partial charge in [-0.15, -0.1) is 0 Å². The summed E-state index contributed by atoms with van der Waals surface area (Å²) in [5.74, 6) is 2.09. The molecule has 2 nitrogen and oxygen atoms in total. The van der Waals surface area contributed by atoms with Gasteiger partial charge in [0.15, 0.2) is 9.84 Å². The van der Waals surface area contributed by atoms with Gasteiger partial charge in [0, 0.05) is 0 Å². The standard InChI is InChI=1S/C9H12O2S/c10-12(11)4-8-6-1-2-7(3-6)9(8)5-12/h6-7H,1-5H2. The van der Waals surface area contributed by atoms with Crippen molar-refractivity contribution >= 4 is 9.84 Å². The van der Waals surface area contributed by atoms with Gasteiger partial charge in [-0.25, -0.2) is 8.42 Å². The highest BCUT2D eigenvalue weighted by Gasteiger charge is 2.45. The first-order chi connectivity index (χ1) is 5.66. The Bertz CT molecular complexity index is 336. The highest BCUT2D eigenvalue weighted by atomic mass is 32.2. The zero-order valence-electron chi connectivity index (χ0n) is 6.91. The molecule has 3 rings (SSSR count). The molecule has 0 aromatic heterocycles. The van der Waals surface area contributed by atoms with Crippen molar-refractivity contribution in [2.45, 2.75) is 19.3 Å². The summed E-state index contributed by atoms with van der Waals surface area (Å²) in [4.78, 5) is 0. The molecule has 0 aromatic rings. The number of rotatable bonds is 0. The van der Waals surface area contributed by atoms with Crippen LogP contribution in [0.25, 0.3) is 0 Å². The highest BCUT2D eigenvalue weighted by molar-refractivity contribution is 7.92. The predicted octanol–water partition coefficient (Wildman–Crippen LogP) is 1.14. The molecular formula is C9H12O2S. The molecule has 2 bridgehead atoms. The lowest BCUT2D eigenvalue weighted by Gasteiger charge is -2.10. The van der Waals surface area contributed by atoms with Gasteiger partial charge in [0.25, 0.3) is 0 Å². The average molecular weight is 184 g/mol. The van der Waals surface area contributed by atoms with Crippen LogP contribution < -0.4 is 0 Å². The molecule has 1 heterocycles. The Morgan fingerprint density at radius 3 is 2.00 bits per heavy atom. The second-order valence-electron chi connectivity index (χ2n) is 4.29. The zero-order chi connectivity index (χ0) is 8.34. The summed E-state index contributed by atoms with van der Waals surface area (Å²) in [6, 6.07) is 0. The van der Waals surface area contributed by atoms with Crippen molar-refractivity contribution in [3.05, 3.63) is 11.1 Å². The summed E-state index contributed by atoms with van der Waals surface area (Å²) in [5.41, 5.74) is 2.62. The van der Waals surface area contributed by atoms with Crippen LogP contribution >= 0.6 is 0 Å². The number of sulfone groups is 1. The van der Waals surface area contributed by atoms with Crippen LogP contribution in [0.1, 0.15) is 19.3 Å². The largest absolute Gasteiger partial charge is 0.228 e. The van der Waals surface area contributed by atoms with E-state index in [2.05, 4.69) is 0 Å². The van der Waals surface area contributed by atoms with E-state index < -0.39 is 9.84 Å². The quantitative estimate of drug-likeness (QED) is 0.529. The number of fused-ring (bicyclic) bond motifs is 4. The van der Waals surface area contributed by atoms with Gasteiger partial charge in [-0.05, 0) is 31.1 Å². The van der Waals surface area contributed by atoms with E-state index in [4.69, 9.17) is 0 Å². The Kier molecular flexibility index (Phi) is 1.16. The fourth-order valence-corrected chi connectivity index (χ4v) is 4.98. The van der Waals surface area contributed by atoms with Crippen molar-refractivity contribution in [1.29, 1.82) is 0 Å². The van der Waals surface area contributed by atoms with Gasteiger partial charge < -0.3 is 0 Å². The van der Waals surface area contributed by atoms with Crippen LogP contribution in [0.2, 0.25) is 0 Å². The van der Waals surface area contributed by atoms with E-state index in [-0.39, 0.29) is 0 Å². The maximum atomic E-state index is 11.3. The van der Waals surface area contributed by atoms with E-state index in [0.29, 0.717) is 23.3 Å². The third kappa shape index (κ3) is 0.777. The molecular weight excluding hydrogens is 172 g/mol. The lowest BCUT2D eigenvalue weighted by atomic mass is 9.94. The molecule has 0 aromatic carbocycles. The SMILES string of the molecule is O=S1(=O)CC2=C(C1)C1CCC2C1. The maximum absolute atomic E-state index is 11.3. The van der Waals surface area contributed by atoms with E-state index in [1.165, 1.54) is 30.4 Å². The first-order valence-corrected chi connectivity index (χ1v) is 6.40. The maximum Gasteiger partial charge on any atom is 0.157 e. The summed E-state index contributed by atoms with van der Waals surface area (Å²) in [6.45, 7) is 0. The van der Waals surface area contributed by atoms with Gasteiger partial charge in [-0.2, -0.15) is 0 Å². The van der Waals surface area contributed by atoms with Crippen molar-refractivity contribution in [1.82, 2.24) is 0 Å². The van der Waals surface area contributed by atoms with Crippen molar-refractivity contribution in [2.24, 2.45) is 11.8 Å². The van der Waals surface area contributed by atoms with Crippen LogP contribution in [0, 0.1) is 11.8 Å². The van der Waals surface area contributed by atoms with E-state index in [1.54, 1.807) is 0 Å². The van der Waals surface area contributed by atoms with Crippen LogP contribution in [0.4, 0.5) is 0 Å². The smallest absolute Gasteiger partial charge is 0.157 e. The van der Waals surface area contributed by atoms with Crippen LogP contribution in [-0.4, -0.2) is 19.9 Å². The Labute approximate surface area is 72.6 Å². The molecule has 0 spiro atoms. The third-order valence-electron chi connectivity index (χ3n) is 3.58. The van der Waals surface area contributed by atoms with Crippen molar-refractivity contribution < 1.29 is 8.42 Å². The Balaban J connectivity index is 2.06. The molecule has 2 unspecified atom stereocenters. The predicted molar refractivity (Wildman–Crippen MR) is 46.5 cm³/mol.